The Labute approximate surface area is 85.8 Å². The van der Waals surface area contributed by atoms with E-state index in [1.807, 2.05) is 6.92 Å². The lowest BCUT2D eigenvalue weighted by atomic mass is 9.99. The highest BCUT2D eigenvalue weighted by atomic mass is 16.2. The average Bonchev–Trinajstić information content (AvgIpc) is 2.27. The van der Waals surface area contributed by atoms with Crippen molar-refractivity contribution < 1.29 is 4.79 Å². The quantitative estimate of drug-likeness (QED) is 0.395. The largest absolute Gasteiger partial charge is 0.300 e. The Bertz CT molecular complexity index is 190. The molecular formula is C10H21N3O. The predicted octanol–water partition coefficient (Wildman–Crippen LogP) is 0.487. The molecule has 0 aromatic rings. The molecule has 14 heavy (non-hydrogen) atoms. The van der Waals surface area contributed by atoms with E-state index < -0.39 is 0 Å². The van der Waals surface area contributed by atoms with Crippen molar-refractivity contribution in [2.75, 3.05) is 13.1 Å². The molecule has 0 aromatic heterocycles. The van der Waals surface area contributed by atoms with Gasteiger partial charge >= 0.3 is 0 Å². The number of nitrogens with two attached hydrogens (primary N) is 1. The molecule has 0 saturated carbocycles. The molecule has 1 aliphatic heterocycles. The smallest absolute Gasteiger partial charge is 0.238 e. The molecule has 4 nitrogen and oxygen atoms in total. The van der Waals surface area contributed by atoms with Gasteiger partial charge in [0, 0.05) is 6.04 Å². The van der Waals surface area contributed by atoms with E-state index in [-0.39, 0.29) is 11.8 Å². The molecule has 0 spiro atoms. The lowest BCUT2D eigenvalue weighted by Crippen LogP contribution is -2.47. The van der Waals surface area contributed by atoms with Crippen molar-refractivity contribution in [1.29, 1.82) is 0 Å². The molecule has 4 heteroatoms. The van der Waals surface area contributed by atoms with Gasteiger partial charge in [-0.2, -0.15) is 0 Å². The first-order chi connectivity index (χ1) is 6.66. The zero-order chi connectivity index (χ0) is 10.6. The van der Waals surface area contributed by atoms with E-state index >= 15 is 0 Å². The molecule has 1 heterocycles. The summed E-state index contributed by atoms with van der Waals surface area (Å²) in [5.41, 5.74) is 2.22. The van der Waals surface area contributed by atoms with Gasteiger partial charge in [-0.3, -0.25) is 15.1 Å². The number of carbonyl (C=O) groups excluding carboxylic acids is 1. The number of hydrazine groups is 1. The second-order valence-electron chi connectivity index (χ2n) is 4.13. The Hall–Kier alpha value is -0.610. The molecular weight excluding hydrogens is 178 g/mol. The van der Waals surface area contributed by atoms with E-state index in [1.165, 1.54) is 19.3 Å². The number of amides is 1. The number of likely N-dealkylation sites (tertiary alicyclic amines) is 1. The Balaban J connectivity index is 2.45. The van der Waals surface area contributed by atoms with Crippen LogP contribution in [0, 0.1) is 5.92 Å². The van der Waals surface area contributed by atoms with Crippen molar-refractivity contribution in [3.63, 3.8) is 0 Å². The Morgan fingerprint density at radius 2 is 1.86 bits per heavy atom. The van der Waals surface area contributed by atoms with Crippen LogP contribution in [0.5, 0.6) is 0 Å². The number of rotatable bonds is 3. The Morgan fingerprint density at radius 3 is 2.36 bits per heavy atom. The van der Waals surface area contributed by atoms with Gasteiger partial charge in [-0.15, -0.1) is 0 Å². The summed E-state index contributed by atoms with van der Waals surface area (Å²) in [6.07, 6.45) is 3.82. The van der Waals surface area contributed by atoms with Gasteiger partial charge in [0.2, 0.25) is 5.91 Å². The lowest BCUT2D eigenvalue weighted by molar-refractivity contribution is -0.126. The number of hydrogen-bond acceptors (Lipinski definition) is 3. The van der Waals surface area contributed by atoms with Gasteiger partial charge in [0.15, 0.2) is 0 Å². The maximum Gasteiger partial charge on any atom is 0.238 e. The van der Waals surface area contributed by atoms with Crippen LogP contribution in [0.15, 0.2) is 0 Å². The van der Waals surface area contributed by atoms with Gasteiger partial charge < -0.3 is 0 Å². The summed E-state index contributed by atoms with van der Waals surface area (Å²) in [4.78, 5) is 13.7. The van der Waals surface area contributed by atoms with Crippen LogP contribution >= 0.6 is 0 Å². The third-order valence-corrected chi connectivity index (χ3v) is 3.25. The van der Waals surface area contributed by atoms with Crippen LogP contribution in [-0.4, -0.2) is 29.9 Å². The van der Waals surface area contributed by atoms with Gasteiger partial charge in [-0.25, -0.2) is 5.84 Å². The first-order valence-electron chi connectivity index (χ1n) is 5.41. The Kier molecular flexibility index (Phi) is 4.35. The summed E-state index contributed by atoms with van der Waals surface area (Å²) in [6, 6.07) is 0.291. The highest BCUT2D eigenvalue weighted by Crippen LogP contribution is 2.17. The zero-order valence-electron chi connectivity index (χ0n) is 9.12. The minimum Gasteiger partial charge on any atom is -0.300 e. The average molecular weight is 199 g/mol. The van der Waals surface area contributed by atoms with Crippen molar-refractivity contribution >= 4 is 5.91 Å². The van der Waals surface area contributed by atoms with Crippen LogP contribution in [0.2, 0.25) is 0 Å². The summed E-state index contributed by atoms with van der Waals surface area (Å²) >= 11 is 0. The highest BCUT2D eigenvalue weighted by Gasteiger charge is 2.25. The van der Waals surface area contributed by atoms with Gasteiger partial charge in [0.25, 0.3) is 0 Å². The number of hydrogen-bond donors (Lipinski definition) is 2. The zero-order valence-corrected chi connectivity index (χ0v) is 9.12. The third kappa shape index (κ3) is 2.69. The van der Waals surface area contributed by atoms with Crippen LogP contribution in [0.4, 0.5) is 0 Å². The molecule has 1 aliphatic rings. The first-order valence-corrected chi connectivity index (χ1v) is 5.41. The summed E-state index contributed by atoms with van der Waals surface area (Å²) in [7, 11) is 0. The van der Waals surface area contributed by atoms with Gasteiger partial charge in [-0.05, 0) is 32.9 Å². The van der Waals surface area contributed by atoms with E-state index in [4.69, 9.17) is 5.84 Å². The number of nitrogens with zero attached hydrogens (tertiary/aromatic N) is 1. The van der Waals surface area contributed by atoms with Crippen molar-refractivity contribution in [2.45, 2.75) is 39.2 Å². The monoisotopic (exact) mass is 199 g/mol. The molecule has 1 amide bonds. The first kappa shape index (κ1) is 11.5. The minimum atomic E-state index is -0.0666. The fourth-order valence-electron chi connectivity index (χ4n) is 1.99. The molecule has 3 N–H and O–H groups in total. The maximum absolute atomic E-state index is 11.3. The van der Waals surface area contributed by atoms with Crippen LogP contribution < -0.4 is 11.3 Å². The predicted molar refractivity (Wildman–Crippen MR) is 56.4 cm³/mol. The normalized spacial score (nSPS) is 22.8. The molecule has 1 saturated heterocycles. The topological polar surface area (TPSA) is 58.4 Å². The van der Waals surface area contributed by atoms with Crippen molar-refractivity contribution in [2.24, 2.45) is 11.8 Å². The fraction of sp³-hybridized carbons (Fsp3) is 0.900. The van der Waals surface area contributed by atoms with Crippen LogP contribution in [0.25, 0.3) is 0 Å². The standard InChI is InChI=1S/C10H21N3O/c1-8(10(14)12-11)9(2)13-6-4-3-5-7-13/h8-9H,3-7,11H2,1-2H3,(H,12,14). The molecule has 0 aliphatic carbocycles. The summed E-state index contributed by atoms with van der Waals surface area (Å²) in [5.74, 6) is 5.03. The van der Waals surface area contributed by atoms with Crippen molar-refractivity contribution in [1.82, 2.24) is 10.3 Å². The van der Waals surface area contributed by atoms with Gasteiger partial charge in [-0.1, -0.05) is 13.3 Å². The van der Waals surface area contributed by atoms with E-state index in [9.17, 15) is 4.79 Å². The van der Waals surface area contributed by atoms with Gasteiger partial charge in [0.05, 0.1) is 5.92 Å². The molecule has 0 bridgehead atoms. The van der Waals surface area contributed by atoms with Crippen LogP contribution in [-0.2, 0) is 4.79 Å². The lowest BCUT2D eigenvalue weighted by Gasteiger charge is -2.34. The molecule has 2 atom stereocenters. The van der Waals surface area contributed by atoms with E-state index in [2.05, 4.69) is 17.2 Å². The molecule has 1 rings (SSSR count). The molecule has 0 radical (unpaired) electrons. The summed E-state index contributed by atoms with van der Waals surface area (Å²) < 4.78 is 0. The molecule has 0 aromatic carbocycles. The van der Waals surface area contributed by atoms with Crippen molar-refractivity contribution in [3.05, 3.63) is 0 Å². The second-order valence-corrected chi connectivity index (χ2v) is 4.13. The Morgan fingerprint density at radius 1 is 1.29 bits per heavy atom. The van der Waals surface area contributed by atoms with Gasteiger partial charge in [0.1, 0.15) is 0 Å². The number of piperidine rings is 1. The van der Waals surface area contributed by atoms with Crippen molar-refractivity contribution in [3.8, 4) is 0 Å². The van der Waals surface area contributed by atoms with Crippen LogP contribution in [0.1, 0.15) is 33.1 Å². The number of nitrogens with one attached hydrogen (secondary N) is 1. The van der Waals surface area contributed by atoms with E-state index in [0.29, 0.717) is 6.04 Å². The van der Waals surface area contributed by atoms with E-state index in [1.54, 1.807) is 0 Å². The van der Waals surface area contributed by atoms with E-state index in [0.717, 1.165) is 13.1 Å². The maximum atomic E-state index is 11.3. The summed E-state index contributed by atoms with van der Waals surface area (Å²) in [5, 5.41) is 0. The third-order valence-electron chi connectivity index (χ3n) is 3.25. The second kappa shape index (κ2) is 5.32. The SMILES string of the molecule is CC(C(=O)NN)C(C)N1CCCCC1. The molecule has 1 fully saturated rings. The minimum absolute atomic E-state index is 0.0295. The molecule has 82 valence electrons. The molecule has 2 unspecified atom stereocenters. The highest BCUT2D eigenvalue weighted by molar-refractivity contribution is 5.78. The van der Waals surface area contributed by atoms with Crippen LogP contribution in [0.3, 0.4) is 0 Å². The summed E-state index contributed by atoms with van der Waals surface area (Å²) in [6.45, 7) is 6.26. The number of carbonyl (C=O) groups is 1. The fourth-order valence-corrected chi connectivity index (χ4v) is 1.99.